The minimum absolute atomic E-state index is 0.0163. The first-order chi connectivity index (χ1) is 22.7. The molecule has 1 saturated heterocycles. The smallest absolute Gasteiger partial charge is 0.354 e. The lowest BCUT2D eigenvalue weighted by Gasteiger charge is -2.22. The molecule has 0 spiro atoms. The fourth-order valence-corrected chi connectivity index (χ4v) is 6.81. The molecule has 0 radical (unpaired) electrons. The lowest BCUT2D eigenvalue weighted by atomic mass is 9.98. The number of carbonyl (C=O) groups excluding carboxylic acids is 2. The van der Waals surface area contributed by atoms with Crippen molar-refractivity contribution >= 4 is 41.2 Å². The topological polar surface area (TPSA) is 135 Å². The summed E-state index contributed by atoms with van der Waals surface area (Å²) in [5, 5.41) is 4.71. The van der Waals surface area contributed by atoms with Gasteiger partial charge in [0.25, 0.3) is 5.84 Å². The average molecular weight is 656 g/mol. The number of amidine groups is 1. The lowest BCUT2D eigenvalue weighted by Crippen LogP contribution is -2.44. The molecule has 4 N–H and O–H groups in total. The maximum atomic E-state index is 14.0. The SMILES string of the molecule is NC(=O)CN1CCN=Cc2c(N)cccc2-c2cccc(c2)O[C@H]2C[C@H]3C(=O)N(CC1)C(c1cnn(-c4ccc(F)cc4Cl)c1)=[N+]3C2. The van der Waals surface area contributed by atoms with Crippen molar-refractivity contribution in [3.8, 4) is 22.6 Å². The Kier molecular flexibility index (Phi) is 8.21. The van der Waals surface area contributed by atoms with Crippen LogP contribution in [0.2, 0.25) is 5.02 Å². The van der Waals surface area contributed by atoms with Crippen LogP contribution in [-0.2, 0) is 9.59 Å². The summed E-state index contributed by atoms with van der Waals surface area (Å²) in [6.45, 7) is 2.01. The molecule has 1 fully saturated rings. The third kappa shape index (κ3) is 6.09. The van der Waals surface area contributed by atoms with Gasteiger partial charge in [0.15, 0.2) is 0 Å². The third-order valence-corrected chi connectivity index (χ3v) is 9.01. The number of carbonyl (C=O) groups is 2. The van der Waals surface area contributed by atoms with Crippen LogP contribution in [0.1, 0.15) is 17.5 Å². The summed E-state index contributed by atoms with van der Waals surface area (Å²) < 4.78 is 23.9. The molecule has 5 heterocycles. The predicted molar refractivity (Wildman–Crippen MR) is 177 cm³/mol. The Morgan fingerprint density at radius 1 is 1.09 bits per heavy atom. The molecular weight excluding hydrogens is 623 g/mol. The Labute approximate surface area is 275 Å². The van der Waals surface area contributed by atoms with E-state index in [0.717, 1.165) is 16.7 Å². The molecule has 47 heavy (non-hydrogen) atoms. The molecule has 0 aliphatic carbocycles. The van der Waals surface area contributed by atoms with E-state index in [4.69, 9.17) is 27.8 Å². The number of aromatic nitrogens is 2. The van der Waals surface area contributed by atoms with Crippen molar-refractivity contribution in [2.24, 2.45) is 10.7 Å². The van der Waals surface area contributed by atoms with Crippen LogP contribution in [0.5, 0.6) is 5.75 Å². The lowest BCUT2D eigenvalue weighted by molar-refractivity contribution is -0.527. The first kappa shape index (κ1) is 30.6. The van der Waals surface area contributed by atoms with Crippen LogP contribution >= 0.6 is 11.6 Å². The number of benzene rings is 3. The van der Waals surface area contributed by atoms with Crippen molar-refractivity contribution < 1.29 is 23.3 Å². The normalized spacial score (nSPS) is 19.9. The van der Waals surface area contributed by atoms with E-state index in [9.17, 15) is 14.0 Å². The molecule has 2 amide bonds. The van der Waals surface area contributed by atoms with E-state index < -0.39 is 17.8 Å². The number of fused-ring (bicyclic) bond motifs is 5. The summed E-state index contributed by atoms with van der Waals surface area (Å²) >= 11 is 6.34. The summed E-state index contributed by atoms with van der Waals surface area (Å²) in [6, 6.07) is 17.2. The Bertz CT molecular complexity index is 1940. The van der Waals surface area contributed by atoms with Crippen LogP contribution in [-0.4, -0.2) is 99.4 Å². The van der Waals surface area contributed by atoms with Gasteiger partial charge < -0.3 is 16.2 Å². The van der Waals surface area contributed by atoms with Gasteiger partial charge in [-0.3, -0.25) is 14.7 Å². The molecule has 1 aromatic heterocycles. The van der Waals surface area contributed by atoms with Crippen molar-refractivity contribution in [2.75, 3.05) is 45.0 Å². The number of nitrogens with two attached hydrogens (primary N) is 2. The number of aliphatic imine (C=N–C) groups is 1. The van der Waals surface area contributed by atoms with Crippen LogP contribution in [0.4, 0.5) is 10.1 Å². The van der Waals surface area contributed by atoms with Crippen LogP contribution in [0.3, 0.4) is 0 Å². The second kappa shape index (κ2) is 12.6. The second-order valence-electron chi connectivity index (χ2n) is 11.8. The first-order valence-electron chi connectivity index (χ1n) is 15.4. The van der Waals surface area contributed by atoms with E-state index in [-0.39, 0.29) is 23.6 Å². The maximum absolute atomic E-state index is 14.0. The van der Waals surface area contributed by atoms with Crippen LogP contribution in [0, 0.1) is 5.82 Å². The molecule has 240 valence electrons. The number of hydrogen-bond donors (Lipinski definition) is 2. The van der Waals surface area contributed by atoms with Gasteiger partial charge in [-0.1, -0.05) is 35.9 Å². The van der Waals surface area contributed by atoms with Gasteiger partial charge in [0.1, 0.15) is 36.3 Å². The van der Waals surface area contributed by atoms with Gasteiger partial charge in [-0.15, -0.1) is 0 Å². The molecule has 13 heteroatoms. The van der Waals surface area contributed by atoms with E-state index >= 15 is 0 Å². The number of primary amides is 1. The van der Waals surface area contributed by atoms with Gasteiger partial charge in [0.05, 0.1) is 30.0 Å². The number of halogens is 2. The number of nitrogen functional groups attached to an aromatic ring is 1. The summed E-state index contributed by atoms with van der Waals surface area (Å²) in [4.78, 5) is 34.3. The van der Waals surface area contributed by atoms with E-state index in [1.165, 1.54) is 12.1 Å². The van der Waals surface area contributed by atoms with Gasteiger partial charge in [0.2, 0.25) is 11.9 Å². The monoisotopic (exact) mass is 655 g/mol. The number of nitrogens with zero attached hydrogens (tertiary/aromatic N) is 6. The molecule has 0 unspecified atom stereocenters. The number of ether oxygens (including phenoxy) is 1. The molecule has 4 aliphatic rings. The highest BCUT2D eigenvalue weighted by Gasteiger charge is 2.53. The third-order valence-electron chi connectivity index (χ3n) is 8.71. The average Bonchev–Trinajstić information content (AvgIpc) is 3.74. The van der Waals surface area contributed by atoms with Gasteiger partial charge in [0, 0.05) is 43.2 Å². The fraction of sp³-hybridized carbons (Fsp3) is 0.265. The van der Waals surface area contributed by atoms with E-state index in [1.807, 2.05) is 47.4 Å². The molecule has 11 nitrogen and oxygen atoms in total. The molecule has 3 aromatic carbocycles. The predicted octanol–water partition coefficient (Wildman–Crippen LogP) is 2.96. The van der Waals surface area contributed by atoms with Crippen molar-refractivity contribution in [1.29, 1.82) is 0 Å². The minimum Gasteiger partial charge on any atom is -0.486 e. The molecule has 0 saturated carbocycles. The summed E-state index contributed by atoms with van der Waals surface area (Å²) in [6.07, 6.45) is 5.44. The van der Waals surface area contributed by atoms with Crippen molar-refractivity contribution in [2.45, 2.75) is 18.6 Å². The minimum atomic E-state index is -0.472. The summed E-state index contributed by atoms with van der Waals surface area (Å²) in [5.41, 5.74) is 16.4. The molecular formula is C34H33ClFN8O3+. The van der Waals surface area contributed by atoms with Crippen molar-refractivity contribution in [1.82, 2.24) is 19.6 Å². The Balaban J connectivity index is 1.29. The highest BCUT2D eigenvalue weighted by atomic mass is 35.5. The molecule has 4 aromatic rings. The van der Waals surface area contributed by atoms with Crippen LogP contribution in [0.15, 0.2) is 78.0 Å². The molecule has 6 bridgehead atoms. The van der Waals surface area contributed by atoms with E-state index in [1.54, 1.807) is 34.3 Å². The highest BCUT2D eigenvalue weighted by molar-refractivity contribution is 6.32. The standard InChI is InChI=1S/C34H32ClFN8O3/c35-28-14-23(36)7-8-30(28)44-18-22(16-40-44)33-42-12-11-41(20-32(38)45)10-9-39-17-27-26(5-2-6-29(27)37)21-3-1-4-24(13-21)47-25-15-31(34(42)46)43(33)19-25/h1-8,13-14,16-18,25,31H,9-12,15,19-20H2,(H3-,37,38,39,45)/p+1/t25-,31-/m0/s1. The maximum Gasteiger partial charge on any atom is 0.354 e. The van der Waals surface area contributed by atoms with Crippen molar-refractivity contribution in [3.63, 3.8) is 0 Å². The molecule has 2 atom stereocenters. The largest absolute Gasteiger partial charge is 0.486 e. The Morgan fingerprint density at radius 2 is 1.94 bits per heavy atom. The summed E-state index contributed by atoms with van der Waals surface area (Å²) in [7, 11) is 0. The zero-order valence-corrected chi connectivity index (χ0v) is 26.2. The number of rotatable bonds is 4. The van der Waals surface area contributed by atoms with Gasteiger partial charge in [-0.05, 0) is 47.5 Å². The van der Waals surface area contributed by atoms with Crippen molar-refractivity contribution in [3.05, 3.63) is 95.0 Å². The number of amides is 2. The first-order valence-corrected chi connectivity index (χ1v) is 15.7. The summed E-state index contributed by atoms with van der Waals surface area (Å²) in [5.74, 6) is 0.393. The highest BCUT2D eigenvalue weighted by Crippen LogP contribution is 2.32. The van der Waals surface area contributed by atoms with Gasteiger partial charge >= 0.3 is 5.91 Å². The second-order valence-corrected chi connectivity index (χ2v) is 12.2. The quantitative estimate of drug-likeness (QED) is 0.257. The zero-order valence-electron chi connectivity index (χ0n) is 25.4. The zero-order chi connectivity index (χ0) is 32.7. The fourth-order valence-electron chi connectivity index (χ4n) is 6.56. The van der Waals surface area contributed by atoms with Gasteiger partial charge in [-0.25, -0.2) is 18.4 Å². The van der Waals surface area contributed by atoms with Crippen LogP contribution < -0.4 is 16.2 Å². The molecule has 8 rings (SSSR count). The Morgan fingerprint density at radius 3 is 2.77 bits per heavy atom. The van der Waals surface area contributed by atoms with Crippen LogP contribution in [0.25, 0.3) is 16.8 Å². The van der Waals surface area contributed by atoms with E-state index in [2.05, 4.69) is 14.7 Å². The van der Waals surface area contributed by atoms with E-state index in [0.29, 0.717) is 67.7 Å². The number of anilines is 1. The number of hydrogen-bond acceptors (Lipinski definition) is 7. The molecule has 4 aliphatic heterocycles. The van der Waals surface area contributed by atoms with Gasteiger partial charge in [-0.2, -0.15) is 10.00 Å². The Hall–Kier alpha value is -5.07.